The Kier molecular flexibility index (Phi) is 2.72. The van der Waals surface area contributed by atoms with Crippen molar-refractivity contribution in [3.05, 3.63) is 53.1 Å². The third-order valence-corrected chi connectivity index (χ3v) is 3.02. The number of hydrogen-bond acceptors (Lipinski definition) is 3. The average molecular weight is 274 g/mol. The Balaban J connectivity index is 2.16. The first-order chi connectivity index (χ1) is 9.15. The van der Waals surface area contributed by atoms with Crippen molar-refractivity contribution in [2.45, 2.75) is 0 Å². The molecular formula is C14H8ClNO3. The molecule has 3 aromatic rings. The molecule has 0 bridgehead atoms. The van der Waals surface area contributed by atoms with Crippen LogP contribution in [-0.2, 0) is 0 Å². The van der Waals surface area contributed by atoms with Crippen molar-refractivity contribution in [2.75, 3.05) is 0 Å². The van der Waals surface area contributed by atoms with Crippen molar-refractivity contribution in [1.29, 1.82) is 0 Å². The first-order valence-corrected chi connectivity index (χ1v) is 5.92. The summed E-state index contributed by atoms with van der Waals surface area (Å²) in [6, 6.07) is 11.7. The number of benzene rings is 2. The molecule has 0 radical (unpaired) electrons. The van der Waals surface area contributed by atoms with Crippen LogP contribution in [0.5, 0.6) is 0 Å². The van der Waals surface area contributed by atoms with E-state index < -0.39 is 5.97 Å². The second kappa shape index (κ2) is 4.40. The van der Waals surface area contributed by atoms with Gasteiger partial charge in [0.1, 0.15) is 5.52 Å². The molecule has 0 aliphatic rings. The minimum absolute atomic E-state index is 0.186. The van der Waals surface area contributed by atoms with Crippen LogP contribution < -0.4 is 0 Å². The number of fused-ring (bicyclic) bond motifs is 1. The minimum atomic E-state index is -0.990. The fraction of sp³-hybridized carbons (Fsp3) is 0. The summed E-state index contributed by atoms with van der Waals surface area (Å²) < 4.78 is 5.58. The average Bonchev–Trinajstić information content (AvgIpc) is 2.84. The Morgan fingerprint density at radius 1 is 1.21 bits per heavy atom. The van der Waals surface area contributed by atoms with E-state index in [1.807, 2.05) is 0 Å². The summed E-state index contributed by atoms with van der Waals surface area (Å²) >= 11 is 6.01. The molecule has 0 aliphatic heterocycles. The van der Waals surface area contributed by atoms with Gasteiger partial charge in [-0.05, 0) is 30.3 Å². The zero-order chi connectivity index (χ0) is 13.4. The molecule has 1 N–H and O–H groups in total. The number of carboxylic acids is 1. The fourth-order valence-electron chi connectivity index (χ4n) is 1.82. The van der Waals surface area contributed by atoms with E-state index in [0.717, 1.165) is 0 Å². The monoisotopic (exact) mass is 273 g/mol. The van der Waals surface area contributed by atoms with Gasteiger partial charge < -0.3 is 9.52 Å². The summed E-state index contributed by atoms with van der Waals surface area (Å²) in [6.07, 6.45) is 0. The minimum Gasteiger partial charge on any atom is -0.478 e. The highest BCUT2D eigenvalue weighted by molar-refractivity contribution is 6.34. The number of aromatic carboxylic acids is 1. The SMILES string of the molecule is O=C(O)c1cccc(-c2nc3cccc(Cl)c3o2)c1. The number of para-hydroxylation sites is 1. The molecule has 0 atom stereocenters. The summed E-state index contributed by atoms with van der Waals surface area (Å²) in [5, 5.41) is 9.45. The van der Waals surface area contributed by atoms with Crippen LogP contribution in [0.25, 0.3) is 22.6 Å². The molecule has 0 unspecified atom stereocenters. The van der Waals surface area contributed by atoms with Crippen LogP contribution in [0, 0.1) is 0 Å². The van der Waals surface area contributed by atoms with E-state index in [9.17, 15) is 4.79 Å². The Morgan fingerprint density at radius 2 is 2.00 bits per heavy atom. The zero-order valence-electron chi connectivity index (χ0n) is 9.63. The molecule has 1 aromatic heterocycles. The molecule has 4 nitrogen and oxygen atoms in total. The zero-order valence-corrected chi connectivity index (χ0v) is 10.4. The predicted molar refractivity (Wildman–Crippen MR) is 71.4 cm³/mol. The lowest BCUT2D eigenvalue weighted by molar-refractivity contribution is 0.0697. The lowest BCUT2D eigenvalue weighted by Crippen LogP contribution is -1.95. The molecule has 0 saturated heterocycles. The number of halogens is 1. The van der Waals surface area contributed by atoms with E-state index in [1.54, 1.807) is 30.3 Å². The fourth-order valence-corrected chi connectivity index (χ4v) is 2.03. The highest BCUT2D eigenvalue weighted by Gasteiger charge is 2.12. The maximum atomic E-state index is 10.9. The van der Waals surface area contributed by atoms with Gasteiger partial charge >= 0.3 is 5.97 Å². The van der Waals surface area contributed by atoms with Gasteiger partial charge in [0.25, 0.3) is 0 Å². The Hall–Kier alpha value is -2.33. The van der Waals surface area contributed by atoms with Crippen molar-refractivity contribution in [3.63, 3.8) is 0 Å². The summed E-state index contributed by atoms with van der Waals surface area (Å²) in [4.78, 5) is 15.2. The van der Waals surface area contributed by atoms with Gasteiger partial charge in [-0.15, -0.1) is 0 Å². The molecule has 3 rings (SSSR count). The van der Waals surface area contributed by atoms with Gasteiger partial charge in [0, 0.05) is 5.56 Å². The third-order valence-electron chi connectivity index (χ3n) is 2.72. The number of carbonyl (C=O) groups is 1. The maximum Gasteiger partial charge on any atom is 0.335 e. The second-order valence-electron chi connectivity index (χ2n) is 3.99. The molecule has 0 aliphatic carbocycles. The predicted octanol–water partition coefficient (Wildman–Crippen LogP) is 3.85. The van der Waals surface area contributed by atoms with Gasteiger partial charge in [-0.3, -0.25) is 0 Å². The molecule has 0 fully saturated rings. The highest BCUT2D eigenvalue weighted by Crippen LogP contribution is 2.29. The van der Waals surface area contributed by atoms with E-state index in [1.165, 1.54) is 12.1 Å². The number of oxazole rings is 1. The van der Waals surface area contributed by atoms with Crippen molar-refractivity contribution < 1.29 is 14.3 Å². The van der Waals surface area contributed by atoms with Gasteiger partial charge in [0.2, 0.25) is 5.89 Å². The van der Waals surface area contributed by atoms with Crippen LogP contribution in [0.3, 0.4) is 0 Å². The molecule has 0 amide bonds. The lowest BCUT2D eigenvalue weighted by Gasteiger charge is -1.97. The molecule has 1 heterocycles. The first-order valence-electron chi connectivity index (χ1n) is 5.54. The molecule has 94 valence electrons. The summed E-state index contributed by atoms with van der Waals surface area (Å²) in [7, 11) is 0. The standard InChI is InChI=1S/C14H8ClNO3/c15-10-5-2-6-11-12(10)19-13(16-11)8-3-1-4-9(7-8)14(17)18/h1-7H,(H,17,18). The smallest absolute Gasteiger partial charge is 0.335 e. The van der Waals surface area contributed by atoms with Crippen molar-refractivity contribution in [1.82, 2.24) is 4.98 Å². The van der Waals surface area contributed by atoms with Crippen LogP contribution in [0.4, 0.5) is 0 Å². The van der Waals surface area contributed by atoms with Gasteiger partial charge in [0.05, 0.1) is 10.6 Å². The van der Waals surface area contributed by atoms with Crippen LogP contribution in [0.2, 0.25) is 5.02 Å². The lowest BCUT2D eigenvalue weighted by atomic mass is 10.1. The summed E-state index contributed by atoms with van der Waals surface area (Å²) in [5.41, 5.74) is 1.93. The van der Waals surface area contributed by atoms with Gasteiger partial charge in [-0.2, -0.15) is 0 Å². The number of carboxylic acid groups (broad SMARTS) is 1. The normalized spacial score (nSPS) is 10.8. The largest absolute Gasteiger partial charge is 0.478 e. The van der Waals surface area contributed by atoms with E-state index >= 15 is 0 Å². The van der Waals surface area contributed by atoms with Crippen molar-refractivity contribution in [3.8, 4) is 11.5 Å². The van der Waals surface area contributed by atoms with Gasteiger partial charge in [0.15, 0.2) is 5.58 Å². The molecule has 5 heteroatoms. The highest BCUT2D eigenvalue weighted by atomic mass is 35.5. The van der Waals surface area contributed by atoms with Gasteiger partial charge in [-0.1, -0.05) is 23.7 Å². The van der Waals surface area contributed by atoms with Crippen LogP contribution >= 0.6 is 11.6 Å². The second-order valence-corrected chi connectivity index (χ2v) is 4.40. The Labute approximate surface area is 113 Å². The number of aromatic nitrogens is 1. The van der Waals surface area contributed by atoms with E-state index in [0.29, 0.717) is 27.6 Å². The topological polar surface area (TPSA) is 63.3 Å². The van der Waals surface area contributed by atoms with Crippen LogP contribution in [-0.4, -0.2) is 16.1 Å². The van der Waals surface area contributed by atoms with E-state index in [-0.39, 0.29) is 5.56 Å². The molecule has 0 saturated carbocycles. The number of nitrogens with zero attached hydrogens (tertiary/aromatic N) is 1. The quantitative estimate of drug-likeness (QED) is 0.770. The maximum absolute atomic E-state index is 10.9. The van der Waals surface area contributed by atoms with Gasteiger partial charge in [-0.25, -0.2) is 9.78 Å². The van der Waals surface area contributed by atoms with E-state index in [4.69, 9.17) is 21.1 Å². The number of rotatable bonds is 2. The molecular weight excluding hydrogens is 266 g/mol. The Morgan fingerprint density at radius 3 is 2.74 bits per heavy atom. The Bertz CT molecular complexity index is 779. The van der Waals surface area contributed by atoms with E-state index in [2.05, 4.69) is 4.98 Å². The van der Waals surface area contributed by atoms with Crippen LogP contribution in [0.15, 0.2) is 46.9 Å². The van der Waals surface area contributed by atoms with Crippen molar-refractivity contribution in [2.24, 2.45) is 0 Å². The number of hydrogen-bond donors (Lipinski definition) is 1. The summed E-state index contributed by atoms with van der Waals surface area (Å²) in [6.45, 7) is 0. The molecule has 19 heavy (non-hydrogen) atoms. The molecule has 2 aromatic carbocycles. The van der Waals surface area contributed by atoms with Crippen molar-refractivity contribution >= 4 is 28.7 Å². The van der Waals surface area contributed by atoms with Crippen LogP contribution in [0.1, 0.15) is 10.4 Å². The molecule has 0 spiro atoms. The third kappa shape index (κ3) is 2.06. The summed E-state index contributed by atoms with van der Waals surface area (Å²) in [5.74, 6) is -0.637. The first kappa shape index (κ1) is 11.7.